The Morgan fingerprint density at radius 2 is 1.90 bits per heavy atom. The van der Waals surface area contributed by atoms with Gasteiger partial charge in [-0.1, -0.05) is 32.0 Å². The van der Waals surface area contributed by atoms with E-state index in [4.69, 9.17) is 4.74 Å². The van der Waals surface area contributed by atoms with Crippen molar-refractivity contribution in [2.75, 3.05) is 0 Å². The number of fused-ring (bicyclic) bond motifs is 1. The average molecular weight is 275 g/mol. The molecule has 1 aliphatic carbocycles. The van der Waals surface area contributed by atoms with Crippen molar-refractivity contribution in [1.82, 2.24) is 5.32 Å². The lowest BCUT2D eigenvalue weighted by Crippen LogP contribution is -2.61. The van der Waals surface area contributed by atoms with E-state index < -0.39 is 0 Å². The normalized spacial score (nSPS) is 33.8. The number of hydrogen-bond acceptors (Lipinski definition) is 3. The summed E-state index contributed by atoms with van der Waals surface area (Å²) >= 11 is 0. The highest BCUT2D eigenvalue weighted by Gasteiger charge is 2.48. The lowest BCUT2D eigenvalue weighted by Gasteiger charge is -2.52. The molecule has 0 spiro atoms. The van der Waals surface area contributed by atoms with Crippen molar-refractivity contribution >= 4 is 0 Å². The number of rotatable bonds is 2. The standard InChI is InChI=1S/C17H25NO2/c1-16(2)10-12(11-7-5-6-8-13(11)20-16)18-14-9-15(19)17(14,3)4/h5-8,12,14-15,18-19H,9-10H2,1-4H3. The number of benzene rings is 1. The summed E-state index contributed by atoms with van der Waals surface area (Å²) in [6.45, 7) is 8.54. The molecule has 0 radical (unpaired) electrons. The van der Waals surface area contributed by atoms with Gasteiger partial charge in [0.25, 0.3) is 0 Å². The Labute approximate surface area is 121 Å². The van der Waals surface area contributed by atoms with E-state index in [1.54, 1.807) is 0 Å². The Hall–Kier alpha value is -1.06. The number of aliphatic hydroxyl groups is 1. The van der Waals surface area contributed by atoms with Gasteiger partial charge in [-0.15, -0.1) is 0 Å². The molecule has 2 aliphatic rings. The summed E-state index contributed by atoms with van der Waals surface area (Å²) in [7, 11) is 0. The molecule has 3 nitrogen and oxygen atoms in total. The summed E-state index contributed by atoms with van der Waals surface area (Å²) in [5.41, 5.74) is 1.04. The minimum Gasteiger partial charge on any atom is -0.487 e. The van der Waals surface area contributed by atoms with Gasteiger partial charge >= 0.3 is 0 Å². The topological polar surface area (TPSA) is 41.5 Å². The summed E-state index contributed by atoms with van der Waals surface area (Å²) in [5, 5.41) is 13.7. The van der Waals surface area contributed by atoms with Crippen LogP contribution in [-0.2, 0) is 0 Å². The number of hydrogen-bond donors (Lipinski definition) is 2. The van der Waals surface area contributed by atoms with Gasteiger partial charge in [-0.2, -0.15) is 0 Å². The Balaban J connectivity index is 1.83. The van der Waals surface area contributed by atoms with Crippen LogP contribution < -0.4 is 10.1 Å². The van der Waals surface area contributed by atoms with E-state index in [2.05, 4.69) is 45.1 Å². The highest BCUT2D eigenvalue weighted by molar-refractivity contribution is 5.39. The molecular formula is C17H25NO2. The van der Waals surface area contributed by atoms with Gasteiger partial charge in [0.2, 0.25) is 0 Å². The molecule has 1 aliphatic heterocycles. The van der Waals surface area contributed by atoms with Gasteiger partial charge < -0.3 is 15.2 Å². The Bertz CT molecular complexity index is 509. The third-order valence-corrected chi connectivity index (χ3v) is 4.99. The third kappa shape index (κ3) is 2.23. The van der Waals surface area contributed by atoms with Crippen LogP contribution in [0.25, 0.3) is 0 Å². The second-order valence-electron chi connectivity index (χ2n) is 7.45. The molecule has 1 fully saturated rings. The lowest BCUT2D eigenvalue weighted by atomic mass is 9.64. The predicted octanol–water partition coefficient (Wildman–Crippen LogP) is 3.04. The second kappa shape index (κ2) is 4.47. The molecule has 1 aromatic rings. The largest absolute Gasteiger partial charge is 0.487 e. The van der Waals surface area contributed by atoms with E-state index in [0.717, 1.165) is 18.6 Å². The minimum atomic E-state index is -0.192. The zero-order valence-corrected chi connectivity index (χ0v) is 12.8. The molecule has 1 saturated carbocycles. The molecular weight excluding hydrogens is 250 g/mol. The van der Waals surface area contributed by atoms with Crippen molar-refractivity contribution in [1.29, 1.82) is 0 Å². The number of aliphatic hydroxyl groups excluding tert-OH is 1. The molecule has 0 aromatic heterocycles. The quantitative estimate of drug-likeness (QED) is 0.871. The molecule has 3 atom stereocenters. The summed E-state index contributed by atoms with van der Waals surface area (Å²) in [6.07, 6.45) is 1.60. The van der Waals surface area contributed by atoms with Crippen molar-refractivity contribution in [2.45, 2.75) is 64.3 Å². The van der Waals surface area contributed by atoms with Crippen LogP contribution in [0.5, 0.6) is 5.75 Å². The Morgan fingerprint density at radius 3 is 2.55 bits per heavy atom. The van der Waals surface area contributed by atoms with Gasteiger partial charge in [0.05, 0.1) is 6.10 Å². The van der Waals surface area contributed by atoms with Crippen molar-refractivity contribution in [3.8, 4) is 5.75 Å². The van der Waals surface area contributed by atoms with Crippen LogP contribution in [0.3, 0.4) is 0 Å². The zero-order valence-electron chi connectivity index (χ0n) is 12.8. The van der Waals surface area contributed by atoms with Crippen LogP contribution in [0.15, 0.2) is 24.3 Å². The molecule has 0 amide bonds. The van der Waals surface area contributed by atoms with E-state index in [1.165, 1.54) is 5.56 Å². The second-order valence-corrected chi connectivity index (χ2v) is 7.45. The monoisotopic (exact) mass is 275 g/mol. The number of ether oxygens (including phenoxy) is 1. The highest BCUT2D eigenvalue weighted by atomic mass is 16.5. The van der Waals surface area contributed by atoms with Crippen molar-refractivity contribution in [3.05, 3.63) is 29.8 Å². The smallest absolute Gasteiger partial charge is 0.124 e. The molecule has 3 rings (SSSR count). The fourth-order valence-corrected chi connectivity index (χ4v) is 3.38. The maximum absolute atomic E-state index is 9.91. The number of para-hydroxylation sites is 1. The van der Waals surface area contributed by atoms with Crippen LogP contribution in [0.4, 0.5) is 0 Å². The third-order valence-electron chi connectivity index (χ3n) is 4.99. The van der Waals surface area contributed by atoms with Gasteiger partial charge in [-0.3, -0.25) is 0 Å². The molecule has 0 bridgehead atoms. The van der Waals surface area contributed by atoms with Gasteiger partial charge in [-0.05, 0) is 26.3 Å². The van der Waals surface area contributed by atoms with Crippen LogP contribution in [0, 0.1) is 5.41 Å². The SMILES string of the molecule is CC1(C)CC(NC2CC(O)C2(C)C)c2ccccc2O1. The van der Waals surface area contributed by atoms with E-state index in [1.807, 2.05) is 12.1 Å². The number of nitrogens with one attached hydrogen (secondary N) is 1. The molecule has 1 aromatic carbocycles. The molecule has 20 heavy (non-hydrogen) atoms. The van der Waals surface area contributed by atoms with Crippen molar-refractivity contribution < 1.29 is 9.84 Å². The maximum atomic E-state index is 9.91. The minimum absolute atomic E-state index is 0.0443. The first-order valence-corrected chi connectivity index (χ1v) is 7.52. The van der Waals surface area contributed by atoms with Crippen molar-refractivity contribution in [3.63, 3.8) is 0 Å². The van der Waals surface area contributed by atoms with E-state index >= 15 is 0 Å². The van der Waals surface area contributed by atoms with Gasteiger partial charge in [-0.25, -0.2) is 0 Å². The van der Waals surface area contributed by atoms with Gasteiger partial charge in [0, 0.05) is 29.5 Å². The van der Waals surface area contributed by atoms with Gasteiger partial charge in [0.15, 0.2) is 0 Å². The summed E-state index contributed by atoms with van der Waals surface area (Å²) in [5.74, 6) is 0.985. The Morgan fingerprint density at radius 1 is 1.20 bits per heavy atom. The van der Waals surface area contributed by atoms with Crippen molar-refractivity contribution in [2.24, 2.45) is 5.41 Å². The van der Waals surface area contributed by atoms with Crippen LogP contribution in [0.2, 0.25) is 0 Å². The molecule has 3 heteroatoms. The highest BCUT2D eigenvalue weighted by Crippen LogP contribution is 2.45. The summed E-state index contributed by atoms with van der Waals surface area (Å²) in [6, 6.07) is 8.94. The molecule has 0 saturated heterocycles. The first-order chi connectivity index (χ1) is 9.29. The van der Waals surface area contributed by atoms with E-state index in [0.29, 0.717) is 12.1 Å². The van der Waals surface area contributed by atoms with Crippen LogP contribution in [0.1, 0.15) is 52.1 Å². The maximum Gasteiger partial charge on any atom is 0.124 e. The van der Waals surface area contributed by atoms with Gasteiger partial charge in [0.1, 0.15) is 11.4 Å². The van der Waals surface area contributed by atoms with E-state index in [-0.39, 0.29) is 17.1 Å². The average Bonchev–Trinajstić information content (AvgIpc) is 2.37. The van der Waals surface area contributed by atoms with Crippen LogP contribution in [-0.4, -0.2) is 22.9 Å². The van der Waals surface area contributed by atoms with Crippen LogP contribution >= 0.6 is 0 Å². The first-order valence-electron chi connectivity index (χ1n) is 7.52. The van der Waals surface area contributed by atoms with E-state index in [9.17, 15) is 5.11 Å². The molecule has 2 N–H and O–H groups in total. The Kier molecular flexibility index (Phi) is 3.11. The first kappa shape index (κ1) is 13.9. The lowest BCUT2D eigenvalue weighted by molar-refractivity contribution is -0.0798. The summed E-state index contributed by atoms with van der Waals surface area (Å²) in [4.78, 5) is 0. The summed E-state index contributed by atoms with van der Waals surface area (Å²) < 4.78 is 6.07. The molecule has 3 unspecified atom stereocenters. The fourth-order valence-electron chi connectivity index (χ4n) is 3.38. The molecule has 110 valence electrons. The predicted molar refractivity (Wildman–Crippen MR) is 79.8 cm³/mol. The fraction of sp³-hybridized carbons (Fsp3) is 0.647. The molecule has 1 heterocycles. The zero-order chi connectivity index (χ0) is 14.5.